The summed E-state index contributed by atoms with van der Waals surface area (Å²) in [6.45, 7) is 4.23. The Hall–Kier alpha value is -2.58. The van der Waals surface area contributed by atoms with Gasteiger partial charge in [-0.2, -0.15) is 5.26 Å². The van der Waals surface area contributed by atoms with Gasteiger partial charge in [0.2, 0.25) is 0 Å². The van der Waals surface area contributed by atoms with Crippen molar-refractivity contribution in [2.24, 2.45) is 0 Å². The van der Waals surface area contributed by atoms with Crippen LogP contribution >= 0.6 is 11.8 Å². The zero-order valence-corrected chi connectivity index (χ0v) is 16.0. The van der Waals surface area contributed by atoms with Crippen molar-refractivity contribution in [2.75, 3.05) is 5.75 Å². The van der Waals surface area contributed by atoms with E-state index >= 15 is 0 Å². The van der Waals surface area contributed by atoms with Gasteiger partial charge in [0, 0.05) is 18.6 Å². The van der Waals surface area contributed by atoms with Crippen LogP contribution in [0.4, 0.5) is 0 Å². The first-order chi connectivity index (χ1) is 12.7. The van der Waals surface area contributed by atoms with Crippen LogP contribution in [0, 0.1) is 25.2 Å². The molecule has 4 nitrogen and oxygen atoms in total. The Morgan fingerprint density at radius 1 is 1.08 bits per heavy atom. The van der Waals surface area contributed by atoms with Gasteiger partial charge in [0.1, 0.15) is 5.82 Å². The molecule has 5 heteroatoms. The summed E-state index contributed by atoms with van der Waals surface area (Å²) >= 11 is 1.66. The maximum absolute atomic E-state index is 8.73. The zero-order chi connectivity index (χ0) is 18.4. The van der Waals surface area contributed by atoms with E-state index in [2.05, 4.69) is 65.0 Å². The molecular weight excluding hydrogens is 340 g/mol. The van der Waals surface area contributed by atoms with Crippen LogP contribution in [0.25, 0.3) is 5.69 Å². The van der Waals surface area contributed by atoms with E-state index in [0.717, 1.165) is 35.3 Å². The van der Waals surface area contributed by atoms with Crippen LogP contribution in [0.15, 0.2) is 53.7 Å². The van der Waals surface area contributed by atoms with Gasteiger partial charge in [-0.3, -0.25) is 4.57 Å². The maximum atomic E-state index is 8.73. The molecule has 0 aliphatic rings. The molecule has 1 aromatic heterocycles. The first-order valence-electron chi connectivity index (χ1n) is 8.74. The molecule has 0 spiro atoms. The van der Waals surface area contributed by atoms with Gasteiger partial charge in [-0.15, -0.1) is 10.2 Å². The average Bonchev–Trinajstić information content (AvgIpc) is 3.02. The number of nitriles is 1. The standard InChI is InChI=1S/C21H22N4S/c1-16-10-11-19(17(2)14-16)25-20(15-18-8-4-3-5-9-18)23-24-21(25)26-13-7-6-12-22/h3-5,8-11,14H,6-7,13,15H2,1-2H3. The summed E-state index contributed by atoms with van der Waals surface area (Å²) < 4.78 is 2.17. The fraction of sp³-hybridized carbons (Fsp3) is 0.286. The topological polar surface area (TPSA) is 54.5 Å². The molecule has 26 heavy (non-hydrogen) atoms. The smallest absolute Gasteiger partial charge is 0.195 e. The molecule has 0 unspecified atom stereocenters. The number of thioether (sulfide) groups is 1. The fourth-order valence-electron chi connectivity index (χ4n) is 2.90. The Kier molecular flexibility index (Phi) is 6.08. The summed E-state index contributed by atoms with van der Waals surface area (Å²) in [5.41, 5.74) is 4.78. The lowest BCUT2D eigenvalue weighted by molar-refractivity contribution is 0.838. The molecule has 0 aliphatic heterocycles. The molecule has 0 fully saturated rings. The highest BCUT2D eigenvalue weighted by Crippen LogP contribution is 2.26. The van der Waals surface area contributed by atoms with Gasteiger partial charge in [0.05, 0.1) is 11.8 Å². The van der Waals surface area contributed by atoms with E-state index in [-0.39, 0.29) is 0 Å². The van der Waals surface area contributed by atoms with E-state index in [1.807, 2.05) is 18.2 Å². The van der Waals surface area contributed by atoms with Gasteiger partial charge < -0.3 is 0 Å². The molecule has 0 aliphatic carbocycles. The van der Waals surface area contributed by atoms with Crippen molar-refractivity contribution in [2.45, 2.75) is 38.3 Å². The number of aromatic nitrogens is 3. The molecule has 132 valence electrons. The van der Waals surface area contributed by atoms with Crippen LogP contribution < -0.4 is 0 Å². The molecule has 2 aromatic carbocycles. The quantitative estimate of drug-likeness (QED) is 0.444. The Bertz CT molecular complexity index is 910. The third-order valence-electron chi connectivity index (χ3n) is 4.16. The summed E-state index contributed by atoms with van der Waals surface area (Å²) in [7, 11) is 0. The first kappa shape index (κ1) is 18.2. The largest absolute Gasteiger partial charge is 0.273 e. The Morgan fingerprint density at radius 2 is 1.88 bits per heavy atom. The highest BCUT2D eigenvalue weighted by molar-refractivity contribution is 7.99. The number of hydrogen-bond donors (Lipinski definition) is 0. The summed E-state index contributed by atoms with van der Waals surface area (Å²) in [5, 5.41) is 18.5. The first-order valence-corrected chi connectivity index (χ1v) is 9.73. The highest BCUT2D eigenvalue weighted by atomic mass is 32.2. The fourth-order valence-corrected chi connectivity index (χ4v) is 3.80. The van der Waals surface area contributed by atoms with Gasteiger partial charge in [0.15, 0.2) is 5.16 Å². The van der Waals surface area contributed by atoms with Crippen LogP contribution in [0.5, 0.6) is 0 Å². The molecular formula is C21H22N4S. The molecule has 0 bridgehead atoms. The maximum Gasteiger partial charge on any atom is 0.195 e. The predicted molar refractivity (Wildman–Crippen MR) is 106 cm³/mol. The van der Waals surface area contributed by atoms with Crippen molar-refractivity contribution in [3.8, 4) is 11.8 Å². The summed E-state index contributed by atoms with van der Waals surface area (Å²) in [4.78, 5) is 0. The third-order valence-corrected chi connectivity index (χ3v) is 5.18. The molecule has 3 rings (SSSR count). The average molecular weight is 363 g/mol. The Labute approximate surface area is 158 Å². The Morgan fingerprint density at radius 3 is 2.62 bits per heavy atom. The number of unbranched alkanes of at least 4 members (excludes halogenated alkanes) is 1. The van der Waals surface area contributed by atoms with Crippen LogP contribution in [-0.4, -0.2) is 20.5 Å². The van der Waals surface area contributed by atoms with Crippen molar-refractivity contribution in [3.63, 3.8) is 0 Å². The van der Waals surface area contributed by atoms with Crippen molar-refractivity contribution in [1.82, 2.24) is 14.8 Å². The van der Waals surface area contributed by atoms with Gasteiger partial charge in [-0.05, 0) is 37.5 Å². The number of aryl methyl sites for hydroxylation is 2. The van der Waals surface area contributed by atoms with E-state index in [0.29, 0.717) is 6.42 Å². The second kappa shape index (κ2) is 8.68. The van der Waals surface area contributed by atoms with Crippen LogP contribution in [0.1, 0.15) is 35.4 Å². The molecule has 0 saturated heterocycles. The minimum absolute atomic E-state index is 0.571. The minimum atomic E-state index is 0.571. The zero-order valence-electron chi connectivity index (χ0n) is 15.1. The summed E-state index contributed by atoms with van der Waals surface area (Å²) in [5.74, 6) is 1.80. The molecule has 3 aromatic rings. The van der Waals surface area contributed by atoms with E-state index in [1.54, 1.807) is 11.8 Å². The normalized spacial score (nSPS) is 10.7. The lowest BCUT2D eigenvalue weighted by atomic mass is 10.1. The minimum Gasteiger partial charge on any atom is -0.273 e. The Balaban J connectivity index is 1.96. The van der Waals surface area contributed by atoms with Gasteiger partial charge in [-0.25, -0.2) is 0 Å². The lowest BCUT2D eigenvalue weighted by Crippen LogP contribution is -2.06. The number of benzene rings is 2. The van der Waals surface area contributed by atoms with Crippen LogP contribution in [-0.2, 0) is 6.42 Å². The van der Waals surface area contributed by atoms with Crippen molar-refractivity contribution >= 4 is 11.8 Å². The van der Waals surface area contributed by atoms with Gasteiger partial charge in [-0.1, -0.05) is 59.8 Å². The second-order valence-electron chi connectivity index (χ2n) is 6.30. The number of nitrogens with zero attached hydrogens (tertiary/aromatic N) is 4. The molecule has 0 atom stereocenters. The van der Waals surface area contributed by atoms with E-state index < -0.39 is 0 Å². The molecule has 0 radical (unpaired) electrons. The number of hydrogen-bond acceptors (Lipinski definition) is 4. The van der Waals surface area contributed by atoms with E-state index in [4.69, 9.17) is 5.26 Å². The van der Waals surface area contributed by atoms with Crippen molar-refractivity contribution < 1.29 is 0 Å². The van der Waals surface area contributed by atoms with Crippen LogP contribution in [0.3, 0.4) is 0 Å². The highest BCUT2D eigenvalue weighted by Gasteiger charge is 2.16. The monoisotopic (exact) mass is 362 g/mol. The molecule has 0 amide bonds. The predicted octanol–water partition coefficient (Wildman–Crippen LogP) is 4.87. The molecule has 1 heterocycles. The van der Waals surface area contributed by atoms with Gasteiger partial charge in [0.25, 0.3) is 0 Å². The second-order valence-corrected chi connectivity index (χ2v) is 7.36. The van der Waals surface area contributed by atoms with Gasteiger partial charge >= 0.3 is 0 Å². The van der Waals surface area contributed by atoms with Crippen molar-refractivity contribution in [3.05, 3.63) is 71.0 Å². The van der Waals surface area contributed by atoms with Crippen molar-refractivity contribution in [1.29, 1.82) is 5.26 Å². The molecule has 0 N–H and O–H groups in total. The summed E-state index contributed by atoms with van der Waals surface area (Å²) in [6.07, 6.45) is 2.16. The molecule has 0 saturated carbocycles. The van der Waals surface area contributed by atoms with E-state index in [9.17, 15) is 0 Å². The SMILES string of the molecule is Cc1ccc(-n2c(Cc3ccccc3)nnc2SCCCC#N)c(C)c1. The lowest BCUT2D eigenvalue weighted by Gasteiger charge is -2.13. The third kappa shape index (κ3) is 4.33. The van der Waals surface area contributed by atoms with E-state index in [1.165, 1.54) is 16.7 Å². The summed E-state index contributed by atoms with van der Waals surface area (Å²) in [6, 6.07) is 19.0. The van der Waals surface area contributed by atoms with Crippen LogP contribution in [0.2, 0.25) is 0 Å². The number of rotatable bonds is 7.